The summed E-state index contributed by atoms with van der Waals surface area (Å²) in [6.07, 6.45) is 1.99. The van der Waals surface area contributed by atoms with Crippen molar-refractivity contribution in [3.63, 3.8) is 0 Å². The summed E-state index contributed by atoms with van der Waals surface area (Å²) < 4.78 is 5.60. The minimum atomic E-state index is -0.304. The van der Waals surface area contributed by atoms with Gasteiger partial charge >= 0.3 is 0 Å². The van der Waals surface area contributed by atoms with E-state index in [2.05, 4.69) is 10.6 Å². The third-order valence-electron chi connectivity index (χ3n) is 4.11. The highest BCUT2D eigenvalue weighted by molar-refractivity contribution is 6.34. The number of aryl methyl sites for hydroxylation is 2. The SMILES string of the molecule is Cc1ccc(C)c(OCC(=O)Nc2ccc(Cl)c(C(=O)NC3CC3)c2)c1. The number of hydrogen-bond donors (Lipinski definition) is 2. The lowest BCUT2D eigenvalue weighted by Crippen LogP contribution is -2.26. The molecule has 1 saturated carbocycles. The molecule has 0 atom stereocenters. The van der Waals surface area contributed by atoms with Crippen molar-refractivity contribution in [2.24, 2.45) is 0 Å². The van der Waals surface area contributed by atoms with Gasteiger partial charge in [-0.05, 0) is 62.1 Å². The Morgan fingerprint density at radius 3 is 2.65 bits per heavy atom. The average Bonchev–Trinajstić information content (AvgIpc) is 3.41. The Morgan fingerprint density at radius 1 is 1.15 bits per heavy atom. The van der Waals surface area contributed by atoms with Gasteiger partial charge in [0.1, 0.15) is 5.75 Å². The summed E-state index contributed by atoms with van der Waals surface area (Å²) in [5.41, 5.74) is 2.89. The summed E-state index contributed by atoms with van der Waals surface area (Å²) >= 11 is 6.11. The molecule has 0 spiro atoms. The molecule has 5 nitrogen and oxygen atoms in total. The molecule has 0 radical (unpaired) electrons. The molecular formula is C20H21ClN2O3. The first-order valence-electron chi connectivity index (χ1n) is 8.52. The molecule has 0 aromatic heterocycles. The van der Waals surface area contributed by atoms with Gasteiger partial charge < -0.3 is 15.4 Å². The maximum absolute atomic E-state index is 12.2. The molecule has 3 rings (SSSR count). The maximum Gasteiger partial charge on any atom is 0.262 e. The van der Waals surface area contributed by atoms with Crippen LogP contribution in [0, 0.1) is 13.8 Å². The monoisotopic (exact) mass is 372 g/mol. The van der Waals surface area contributed by atoms with Gasteiger partial charge in [-0.25, -0.2) is 0 Å². The fraction of sp³-hybridized carbons (Fsp3) is 0.300. The second-order valence-corrected chi connectivity index (χ2v) is 6.96. The number of ether oxygens (including phenoxy) is 1. The van der Waals surface area contributed by atoms with E-state index in [-0.39, 0.29) is 24.5 Å². The Kier molecular flexibility index (Phi) is 5.47. The number of carbonyl (C=O) groups is 2. The van der Waals surface area contributed by atoms with Crippen LogP contribution in [0.15, 0.2) is 36.4 Å². The fourth-order valence-electron chi connectivity index (χ4n) is 2.47. The topological polar surface area (TPSA) is 67.4 Å². The van der Waals surface area contributed by atoms with Crippen LogP contribution in [0.25, 0.3) is 0 Å². The zero-order valence-electron chi connectivity index (χ0n) is 14.8. The predicted octanol–water partition coefficient (Wildman–Crippen LogP) is 3.87. The van der Waals surface area contributed by atoms with E-state index in [0.717, 1.165) is 24.0 Å². The Morgan fingerprint density at radius 2 is 1.92 bits per heavy atom. The highest BCUT2D eigenvalue weighted by atomic mass is 35.5. The molecule has 6 heteroatoms. The molecule has 1 aliphatic carbocycles. The zero-order chi connectivity index (χ0) is 18.7. The Labute approximate surface area is 157 Å². The normalized spacial score (nSPS) is 13.2. The molecule has 0 heterocycles. The molecule has 2 N–H and O–H groups in total. The summed E-state index contributed by atoms with van der Waals surface area (Å²) in [7, 11) is 0. The average molecular weight is 373 g/mol. The number of amides is 2. The van der Waals surface area contributed by atoms with Crippen molar-refractivity contribution in [1.82, 2.24) is 5.32 Å². The first-order valence-corrected chi connectivity index (χ1v) is 8.90. The van der Waals surface area contributed by atoms with Gasteiger partial charge in [-0.2, -0.15) is 0 Å². The molecule has 136 valence electrons. The van der Waals surface area contributed by atoms with Crippen molar-refractivity contribution in [2.75, 3.05) is 11.9 Å². The van der Waals surface area contributed by atoms with Gasteiger partial charge in [-0.1, -0.05) is 23.7 Å². The number of nitrogens with one attached hydrogen (secondary N) is 2. The van der Waals surface area contributed by atoms with E-state index in [1.807, 2.05) is 32.0 Å². The van der Waals surface area contributed by atoms with E-state index in [1.165, 1.54) is 0 Å². The molecule has 2 aromatic carbocycles. The maximum atomic E-state index is 12.2. The predicted molar refractivity (Wildman–Crippen MR) is 102 cm³/mol. The van der Waals surface area contributed by atoms with Gasteiger partial charge in [-0.15, -0.1) is 0 Å². The highest BCUT2D eigenvalue weighted by Gasteiger charge is 2.24. The van der Waals surface area contributed by atoms with Gasteiger partial charge in [0.05, 0.1) is 10.6 Å². The van der Waals surface area contributed by atoms with Crippen molar-refractivity contribution in [1.29, 1.82) is 0 Å². The number of halogens is 1. The minimum absolute atomic E-state index is 0.115. The second kappa shape index (κ2) is 7.79. The molecule has 0 aliphatic heterocycles. The molecular weight excluding hydrogens is 352 g/mol. The molecule has 2 amide bonds. The van der Waals surface area contributed by atoms with Crippen molar-refractivity contribution in [3.05, 3.63) is 58.1 Å². The van der Waals surface area contributed by atoms with Gasteiger partial charge in [0.25, 0.3) is 11.8 Å². The molecule has 0 saturated heterocycles. The van der Waals surface area contributed by atoms with Crippen LogP contribution in [0.2, 0.25) is 5.02 Å². The summed E-state index contributed by atoms with van der Waals surface area (Å²) in [5, 5.41) is 5.98. The second-order valence-electron chi connectivity index (χ2n) is 6.55. The molecule has 2 aromatic rings. The first-order chi connectivity index (χ1) is 12.4. The van der Waals surface area contributed by atoms with Crippen LogP contribution in [0.3, 0.4) is 0 Å². The Hall–Kier alpha value is -2.53. The quantitative estimate of drug-likeness (QED) is 0.808. The van der Waals surface area contributed by atoms with Crippen LogP contribution >= 0.6 is 11.6 Å². The summed E-state index contributed by atoms with van der Waals surface area (Å²) in [5.74, 6) is 0.155. The molecule has 0 bridgehead atoms. The van der Waals surface area contributed by atoms with E-state index in [1.54, 1.807) is 18.2 Å². The van der Waals surface area contributed by atoms with Crippen molar-refractivity contribution in [2.45, 2.75) is 32.7 Å². The zero-order valence-corrected chi connectivity index (χ0v) is 15.5. The Bertz CT molecular complexity index is 847. The molecule has 0 unspecified atom stereocenters. The van der Waals surface area contributed by atoms with Crippen LogP contribution in [0.5, 0.6) is 5.75 Å². The fourth-order valence-corrected chi connectivity index (χ4v) is 2.67. The van der Waals surface area contributed by atoms with E-state index in [0.29, 0.717) is 22.0 Å². The smallest absolute Gasteiger partial charge is 0.262 e. The number of benzene rings is 2. The Balaban J connectivity index is 1.61. The van der Waals surface area contributed by atoms with Gasteiger partial charge in [0, 0.05) is 11.7 Å². The number of carbonyl (C=O) groups excluding carboxylic acids is 2. The highest BCUT2D eigenvalue weighted by Crippen LogP contribution is 2.24. The van der Waals surface area contributed by atoms with Crippen LogP contribution in [0.4, 0.5) is 5.69 Å². The van der Waals surface area contributed by atoms with Gasteiger partial charge in [0.15, 0.2) is 6.61 Å². The van der Waals surface area contributed by atoms with E-state index in [4.69, 9.17) is 16.3 Å². The van der Waals surface area contributed by atoms with Crippen LogP contribution < -0.4 is 15.4 Å². The van der Waals surface area contributed by atoms with E-state index in [9.17, 15) is 9.59 Å². The number of rotatable bonds is 6. The molecule has 1 aliphatic rings. The lowest BCUT2D eigenvalue weighted by Gasteiger charge is -2.12. The van der Waals surface area contributed by atoms with E-state index >= 15 is 0 Å². The largest absolute Gasteiger partial charge is 0.483 e. The van der Waals surface area contributed by atoms with Crippen molar-refractivity contribution in [3.8, 4) is 5.75 Å². The lowest BCUT2D eigenvalue weighted by molar-refractivity contribution is -0.118. The summed E-state index contributed by atoms with van der Waals surface area (Å²) in [4.78, 5) is 24.4. The molecule has 1 fully saturated rings. The van der Waals surface area contributed by atoms with Crippen LogP contribution in [-0.2, 0) is 4.79 Å². The standard InChI is InChI=1S/C20H21ClN2O3/c1-12-3-4-13(2)18(9-12)26-11-19(24)22-15-7-8-17(21)16(10-15)20(25)23-14-5-6-14/h3-4,7-10,14H,5-6,11H2,1-2H3,(H,22,24)(H,23,25). The summed E-state index contributed by atoms with van der Waals surface area (Å²) in [6.45, 7) is 3.78. The van der Waals surface area contributed by atoms with E-state index < -0.39 is 0 Å². The van der Waals surface area contributed by atoms with Gasteiger partial charge in [-0.3, -0.25) is 9.59 Å². The van der Waals surface area contributed by atoms with Crippen LogP contribution in [0.1, 0.15) is 34.3 Å². The lowest BCUT2D eigenvalue weighted by atomic mass is 10.1. The number of anilines is 1. The van der Waals surface area contributed by atoms with Crippen molar-refractivity contribution < 1.29 is 14.3 Å². The summed E-state index contributed by atoms with van der Waals surface area (Å²) in [6, 6.07) is 10.9. The molecule has 26 heavy (non-hydrogen) atoms. The minimum Gasteiger partial charge on any atom is -0.483 e. The van der Waals surface area contributed by atoms with Crippen LogP contribution in [-0.4, -0.2) is 24.5 Å². The van der Waals surface area contributed by atoms with Crippen molar-refractivity contribution >= 4 is 29.1 Å². The number of hydrogen-bond acceptors (Lipinski definition) is 3. The third-order valence-corrected chi connectivity index (χ3v) is 4.44. The first kappa shape index (κ1) is 18.3. The third kappa shape index (κ3) is 4.76. The van der Waals surface area contributed by atoms with Gasteiger partial charge in [0.2, 0.25) is 0 Å².